The van der Waals surface area contributed by atoms with Gasteiger partial charge in [-0.15, -0.1) is 0 Å². The molecule has 114 valence electrons. The minimum absolute atomic E-state index is 0.258. The second kappa shape index (κ2) is 7.08. The third-order valence-electron chi connectivity index (χ3n) is 4.88. The van der Waals surface area contributed by atoms with Gasteiger partial charge in [0.15, 0.2) is 0 Å². The molecule has 1 saturated carbocycles. The van der Waals surface area contributed by atoms with Crippen molar-refractivity contribution in [2.24, 2.45) is 0 Å². The van der Waals surface area contributed by atoms with Crippen LogP contribution < -0.4 is 5.32 Å². The Morgan fingerprint density at radius 3 is 2.57 bits per heavy atom. The zero-order valence-corrected chi connectivity index (χ0v) is 12.8. The first kappa shape index (κ1) is 14.6. The van der Waals surface area contributed by atoms with Gasteiger partial charge in [-0.3, -0.25) is 4.79 Å². The van der Waals surface area contributed by atoms with Crippen LogP contribution >= 0.6 is 0 Å². The van der Waals surface area contributed by atoms with Gasteiger partial charge in [-0.05, 0) is 30.4 Å². The molecular weight excluding hydrogens is 260 g/mol. The predicted molar refractivity (Wildman–Crippen MR) is 85.1 cm³/mol. The molecule has 0 unspecified atom stereocenters. The number of amides is 1. The van der Waals surface area contributed by atoms with Crippen molar-refractivity contribution in [1.82, 2.24) is 10.2 Å². The van der Waals surface area contributed by atoms with Crippen molar-refractivity contribution in [3.63, 3.8) is 0 Å². The molecule has 1 aliphatic heterocycles. The second-order valence-corrected chi connectivity index (χ2v) is 6.40. The fraction of sp³-hybridized carbons (Fsp3) is 0.611. The third kappa shape index (κ3) is 3.85. The summed E-state index contributed by atoms with van der Waals surface area (Å²) >= 11 is 0. The number of fused-ring (bicyclic) bond motifs is 1. The average Bonchev–Trinajstić information content (AvgIpc) is 2.81. The number of hydrogen-bond donors (Lipinski definition) is 1. The molecule has 1 amide bonds. The maximum Gasteiger partial charge on any atom is 0.236 e. The smallest absolute Gasteiger partial charge is 0.236 e. The van der Waals surface area contributed by atoms with Crippen LogP contribution in [-0.4, -0.2) is 29.9 Å². The molecule has 0 bridgehead atoms. The summed E-state index contributed by atoms with van der Waals surface area (Å²) in [7, 11) is 0. The Kier molecular flexibility index (Phi) is 4.91. The summed E-state index contributed by atoms with van der Waals surface area (Å²) in [4.78, 5) is 14.4. The van der Waals surface area contributed by atoms with E-state index < -0.39 is 0 Å². The molecular formula is C18H26N2O. The van der Waals surface area contributed by atoms with Crippen LogP contribution in [0.15, 0.2) is 24.3 Å². The van der Waals surface area contributed by atoms with E-state index in [1.54, 1.807) is 0 Å². The van der Waals surface area contributed by atoms with Crippen LogP contribution in [0.5, 0.6) is 0 Å². The van der Waals surface area contributed by atoms with Crippen molar-refractivity contribution >= 4 is 5.91 Å². The van der Waals surface area contributed by atoms with Crippen LogP contribution in [-0.2, 0) is 17.8 Å². The molecule has 3 heteroatoms. The van der Waals surface area contributed by atoms with Crippen molar-refractivity contribution in [2.45, 2.75) is 57.5 Å². The summed E-state index contributed by atoms with van der Waals surface area (Å²) in [6, 6.07) is 9.03. The molecule has 3 rings (SSSR count). The van der Waals surface area contributed by atoms with E-state index in [9.17, 15) is 4.79 Å². The highest BCUT2D eigenvalue weighted by molar-refractivity contribution is 5.78. The lowest BCUT2D eigenvalue weighted by Gasteiger charge is -2.29. The lowest BCUT2D eigenvalue weighted by atomic mass is 10.00. The van der Waals surface area contributed by atoms with E-state index >= 15 is 0 Å². The van der Waals surface area contributed by atoms with E-state index in [4.69, 9.17) is 0 Å². The molecule has 1 N–H and O–H groups in total. The summed E-state index contributed by atoms with van der Waals surface area (Å²) in [6.07, 6.45) is 8.79. The molecule has 0 aromatic heterocycles. The van der Waals surface area contributed by atoms with E-state index in [-0.39, 0.29) is 5.91 Å². The van der Waals surface area contributed by atoms with E-state index in [0.29, 0.717) is 12.6 Å². The van der Waals surface area contributed by atoms with Gasteiger partial charge in [-0.25, -0.2) is 0 Å². The number of carbonyl (C=O) groups is 1. The number of nitrogens with zero attached hydrogens (tertiary/aromatic N) is 1. The fourth-order valence-electron chi connectivity index (χ4n) is 3.54. The molecule has 0 atom stereocenters. The van der Waals surface area contributed by atoms with Crippen molar-refractivity contribution < 1.29 is 4.79 Å². The van der Waals surface area contributed by atoms with Crippen molar-refractivity contribution in [3.8, 4) is 0 Å². The number of nitrogens with one attached hydrogen (secondary N) is 1. The van der Waals surface area contributed by atoms with E-state index in [1.165, 1.54) is 49.7 Å². The van der Waals surface area contributed by atoms with Gasteiger partial charge < -0.3 is 10.2 Å². The zero-order valence-electron chi connectivity index (χ0n) is 12.8. The summed E-state index contributed by atoms with van der Waals surface area (Å²) in [5.74, 6) is 0.258. The third-order valence-corrected chi connectivity index (χ3v) is 4.88. The molecule has 21 heavy (non-hydrogen) atoms. The number of benzene rings is 1. The molecule has 1 aromatic carbocycles. The van der Waals surface area contributed by atoms with Gasteiger partial charge in [0.25, 0.3) is 0 Å². The van der Waals surface area contributed by atoms with Gasteiger partial charge in [-0.2, -0.15) is 0 Å². The first-order valence-electron chi connectivity index (χ1n) is 8.41. The molecule has 2 aliphatic rings. The standard InChI is InChI=1S/C18H26N2O/c21-18(13-19-17-9-3-1-2-4-10-17)20-12-11-15-7-5-6-8-16(15)14-20/h5-8,17,19H,1-4,9-14H2. The Morgan fingerprint density at radius 2 is 1.81 bits per heavy atom. The van der Waals surface area contributed by atoms with E-state index in [0.717, 1.165) is 19.5 Å². The molecule has 0 radical (unpaired) electrons. The molecule has 1 fully saturated rings. The maximum atomic E-state index is 12.4. The fourth-order valence-corrected chi connectivity index (χ4v) is 3.54. The van der Waals surface area contributed by atoms with Crippen LogP contribution in [0.4, 0.5) is 0 Å². The molecule has 0 saturated heterocycles. The second-order valence-electron chi connectivity index (χ2n) is 6.40. The SMILES string of the molecule is O=C(CNC1CCCCCC1)N1CCc2ccccc2C1. The van der Waals surface area contributed by atoms with Gasteiger partial charge in [0.05, 0.1) is 6.54 Å². The monoisotopic (exact) mass is 286 g/mol. The highest BCUT2D eigenvalue weighted by Gasteiger charge is 2.21. The highest BCUT2D eigenvalue weighted by atomic mass is 16.2. The van der Waals surface area contributed by atoms with Gasteiger partial charge in [0.1, 0.15) is 0 Å². The molecule has 0 spiro atoms. The van der Waals surface area contributed by atoms with Crippen LogP contribution in [0.3, 0.4) is 0 Å². The quantitative estimate of drug-likeness (QED) is 0.867. The summed E-state index contributed by atoms with van der Waals surface area (Å²) in [5, 5.41) is 3.49. The topological polar surface area (TPSA) is 32.3 Å². The number of hydrogen-bond acceptors (Lipinski definition) is 2. The first-order chi connectivity index (χ1) is 10.3. The van der Waals surface area contributed by atoms with Crippen molar-refractivity contribution in [3.05, 3.63) is 35.4 Å². The number of carbonyl (C=O) groups excluding carboxylic acids is 1. The minimum Gasteiger partial charge on any atom is -0.337 e. The average molecular weight is 286 g/mol. The lowest BCUT2D eigenvalue weighted by molar-refractivity contribution is -0.131. The molecule has 3 nitrogen and oxygen atoms in total. The van der Waals surface area contributed by atoms with Crippen LogP contribution in [0, 0.1) is 0 Å². The first-order valence-corrected chi connectivity index (χ1v) is 8.41. The molecule has 1 aliphatic carbocycles. The van der Waals surface area contributed by atoms with Gasteiger partial charge >= 0.3 is 0 Å². The van der Waals surface area contributed by atoms with Crippen LogP contribution in [0.2, 0.25) is 0 Å². The Labute approximate surface area is 127 Å². The van der Waals surface area contributed by atoms with Gasteiger partial charge in [-0.1, -0.05) is 49.9 Å². The Hall–Kier alpha value is -1.35. The normalized spacial score (nSPS) is 19.9. The number of rotatable bonds is 3. The van der Waals surface area contributed by atoms with Crippen LogP contribution in [0.1, 0.15) is 49.7 Å². The zero-order chi connectivity index (χ0) is 14.5. The summed E-state index contributed by atoms with van der Waals surface area (Å²) in [6.45, 7) is 2.15. The lowest BCUT2D eigenvalue weighted by Crippen LogP contribution is -2.43. The van der Waals surface area contributed by atoms with E-state index in [1.807, 2.05) is 4.90 Å². The predicted octanol–water partition coefficient (Wildman–Crippen LogP) is 2.88. The largest absolute Gasteiger partial charge is 0.337 e. The summed E-state index contributed by atoms with van der Waals surface area (Å²) in [5.41, 5.74) is 2.71. The van der Waals surface area contributed by atoms with Gasteiger partial charge in [0, 0.05) is 19.1 Å². The van der Waals surface area contributed by atoms with Crippen molar-refractivity contribution in [2.75, 3.05) is 13.1 Å². The molecule has 1 heterocycles. The minimum atomic E-state index is 0.258. The molecule has 1 aromatic rings. The van der Waals surface area contributed by atoms with Crippen LogP contribution in [0.25, 0.3) is 0 Å². The summed E-state index contributed by atoms with van der Waals surface area (Å²) < 4.78 is 0. The van der Waals surface area contributed by atoms with E-state index in [2.05, 4.69) is 29.6 Å². The Morgan fingerprint density at radius 1 is 1.10 bits per heavy atom. The van der Waals surface area contributed by atoms with Gasteiger partial charge in [0.2, 0.25) is 5.91 Å². The Bertz CT molecular complexity index is 478. The maximum absolute atomic E-state index is 12.4. The highest BCUT2D eigenvalue weighted by Crippen LogP contribution is 2.19. The van der Waals surface area contributed by atoms with Crippen molar-refractivity contribution in [1.29, 1.82) is 0 Å². The Balaban J connectivity index is 1.50.